The van der Waals surface area contributed by atoms with Gasteiger partial charge in [0.1, 0.15) is 6.61 Å². The number of para-hydroxylation sites is 1. The van der Waals surface area contributed by atoms with Crippen molar-refractivity contribution in [1.29, 1.82) is 0 Å². The van der Waals surface area contributed by atoms with Crippen molar-refractivity contribution in [3.8, 4) is 22.6 Å². The maximum absolute atomic E-state index is 12.1. The summed E-state index contributed by atoms with van der Waals surface area (Å²) >= 11 is 0. The number of benzene rings is 3. The largest absolute Gasteiger partial charge is 0.504 e. The molecule has 0 heterocycles. The fourth-order valence-corrected chi connectivity index (χ4v) is 3.66. The van der Waals surface area contributed by atoms with Crippen LogP contribution in [-0.2, 0) is 4.74 Å². The Labute approximate surface area is 168 Å². The van der Waals surface area contributed by atoms with Gasteiger partial charge in [-0.1, -0.05) is 72.8 Å². The van der Waals surface area contributed by atoms with E-state index >= 15 is 0 Å². The number of aromatic hydroxyl groups is 2. The van der Waals surface area contributed by atoms with Crippen molar-refractivity contribution in [1.82, 2.24) is 5.32 Å². The average molecular weight is 387 g/mol. The van der Waals surface area contributed by atoms with Gasteiger partial charge in [-0.05, 0) is 28.3 Å². The number of ether oxygens (including phenoxy) is 1. The van der Waals surface area contributed by atoms with Crippen molar-refractivity contribution in [3.05, 3.63) is 89.5 Å². The highest BCUT2D eigenvalue weighted by Crippen LogP contribution is 2.44. The second-order valence-electron chi connectivity index (χ2n) is 6.82. The molecule has 3 aromatic rings. The van der Waals surface area contributed by atoms with E-state index in [9.17, 15) is 15.0 Å². The summed E-state index contributed by atoms with van der Waals surface area (Å²) < 4.78 is 5.46. The third-order valence-electron chi connectivity index (χ3n) is 5.05. The summed E-state index contributed by atoms with van der Waals surface area (Å²) in [5.41, 5.74) is 5.18. The van der Waals surface area contributed by atoms with E-state index in [2.05, 4.69) is 29.6 Å². The van der Waals surface area contributed by atoms with Gasteiger partial charge in [0, 0.05) is 18.0 Å². The van der Waals surface area contributed by atoms with Crippen molar-refractivity contribution in [2.24, 2.45) is 0 Å². The van der Waals surface area contributed by atoms with Crippen molar-refractivity contribution < 1.29 is 19.7 Å². The van der Waals surface area contributed by atoms with Crippen LogP contribution in [0, 0.1) is 0 Å². The first-order valence-corrected chi connectivity index (χ1v) is 9.41. The van der Waals surface area contributed by atoms with Gasteiger partial charge in [0.2, 0.25) is 0 Å². The van der Waals surface area contributed by atoms with Crippen molar-refractivity contribution in [2.45, 2.75) is 5.92 Å². The fraction of sp³-hybridized carbons (Fsp3) is 0.125. The molecule has 5 nitrogen and oxygen atoms in total. The minimum absolute atomic E-state index is 0.0212. The number of nitrogens with one attached hydrogen (secondary N) is 1. The Kier molecular flexibility index (Phi) is 5.20. The minimum Gasteiger partial charge on any atom is -0.504 e. The Bertz CT molecular complexity index is 1030. The van der Waals surface area contributed by atoms with E-state index in [0.717, 1.165) is 0 Å². The van der Waals surface area contributed by atoms with Crippen LogP contribution in [0.4, 0.5) is 4.79 Å². The number of alkyl carbamates (subject to hydrolysis) is 1. The molecule has 0 radical (unpaired) electrons. The smallest absolute Gasteiger partial charge is 0.407 e. The van der Waals surface area contributed by atoms with Crippen molar-refractivity contribution in [2.75, 3.05) is 13.2 Å². The van der Waals surface area contributed by atoms with Crippen LogP contribution in [0.1, 0.15) is 22.6 Å². The van der Waals surface area contributed by atoms with Gasteiger partial charge in [0.05, 0.1) is 0 Å². The zero-order chi connectivity index (χ0) is 20.2. The molecule has 146 valence electrons. The molecular formula is C24H21NO4. The number of carbonyl (C=O) groups excluding carboxylic acids is 1. The number of amides is 1. The summed E-state index contributed by atoms with van der Waals surface area (Å²) in [5, 5.41) is 21.9. The first kappa shape index (κ1) is 18.6. The number of phenolic OH excluding ortho intramolecular Hbond substituents is 2. The summed E-state index contributed by atoms with van der Waals surface area (Å²) in [7, 11) is 0. The number of phenols is 2. The highest BCUT2D eigenvalue weighted by molar-refractivity contribution is 5.79. The third-order valence-corrected chi connectivity index (χ3v) is 5.05. The van der Waals surface area contributed by atoms with E-state index in [1.54, 1.807) is 24.3 Å². The summed E-state index contributed by atoms with van der Waals surface area (Å²) in [6, 6.07) is 21.1. The molecule has 0 saturated carbocycles. The molecule has 3 aromatic carbocycles. The lowest BCUT2D eigenvalue weighted by molar-refractivity contribution is 0.144. The molecule has 0 unspecified atom stereocenters. The number of hydrogen-bond donors (Lipinski definition) is 3. The van der Waals surface area contributed by atoms with Gasteiger partial charge in [0.15, 0.2) is 11.5 Å². The molecule has 5 heteroatoms. The van der Waals surface area contributed by atoms with Crippen LogP contribution in [0.3, 0.4) is 0 Å². The van der Waals surface area contributed by atoms with Gasteiger partial charge < -0.3 is 20.3 Å². The standard InChI is InChI=1S/C24H21NO4/c26-22-13-5-7-16(23(22)27)8-6-14-25-24(28)29-15-21-19-11-3-1-9-17(19)18-10-2-4-12-20(18)21/h1-13,21,26-27H,14-15H2,(H,25,28). The third kappa shape index (κ3) is 3.80. The average Bonchev–Trinajstić information content (AvgIpc) is 3.06. The minimum atomic E-state index is -0.503. The lowest BCUT2D eigenvalue weighted by atomic mass is 9.98. The van der Waals surface area contributed by atoms with Gasteiger partial charge in [0.25, 0.3) is 0 Å². The van der Waals surface area contributed by atoms with Gasteiger partial charge in [-0.25, -0.2) is 4.79 Å². The van der Waals surface area contributed by atoms with E-state index in [0.29, 0.717) is 5.56 Å². The van der Waals surface area contributed by atoms with E-state index in [4.69, 9.17) is 4.74 Å². The molecule has 0 aliphatic heterocycles. The van der Waals surface area contributed by atoms with Crippen LogP contribution in [0.25, 0.3) is 17.2 Å². The number of fused-ring (bicyclic) bond motifs is 3. The molecule has 0 fully saturated rings. The first-order valence-electron chi connectivity index (χ1n) is 9.41. The molecule has 0 saturated heterocycles. The molecular weight excluding hydrogens is 366 g/mol. The quantitative estimate of drug-likeness (QED) is 0.557. The predicted octanol–water partition coefficient (Wildman–Crippen LogP) is 4.65. The van der Waals surface area contributed by atoms with Crippen LogP contribution in [0.2, 0.25) is 0 Å². The van der Waals surface area contributed by atoms with Crippen LogP contribution in [0.15, 0.2) is 72.8 Å². The van der Waals surface area contributed by atoms with Gasteiger partial charge in [-0.15, -0.1) is 0 Å². The van der Waals surface area contributed by atoms with Gasteiger partial charge in [-0.2, -0.15) is 0 Å². The zero-order valence-corrected chi connectivity index (χ0v) is 15.7. The van der Waals surface area contributed by atoms with Crippen molar-refractivity contribution >= 4 is 12.2 Å². The summed E-state index contributed by atoms with van der Waals surface area (Å²) in [5.74, 6) is -0.352. The summed E-state index contributed by atoms with van der Waals surface area (Å²) in [4.78, 5) is 12.1. The van der Waals surface area contributed by atoms with E-state index in [1.807, 2.05) is 24.3 Å². The Morgan fingerprint density at radius 1 is 0.931 bits per heavy atom. The van der Waals surface area contributed by atoms with E-state index < -0.39 is 6.09 Å². The predicted molar refractivity (Wildman–Crippen MR) is 112 cm³/mol. The Balaban J connectivity index is 1.34. The Hall–Kier alpha value is -3.73. The van der Waals surface area contributed by atoms with Crippen LogP contribution in [0.5, 0.6) is 11.5 Å². The lowest BCUT2D eigenvalue weighted by Crippen LogP contribution is -2.26. The van der Waals surface area contributed by atoms with Crippen LogP contribution < -0.4 is 5.32 Å². The maximum atomic E-state index is 12.1. The lowest BCUT2D eigenvalue weighted by Gasteiger charge is -2.14. The van der Waals surface area contributed by atoms with E-state index in [-0.39, 0.29) is 30.6 Å². The monoisotopic (exact) mass is 387 g/mol. The topological polar surface area (TPSA) is 78.8 Å². The molecule has 3 N–H and O–H groups in total. The van der Waals surface area contributed by atoms with Crippen molar-refractivity contribution in [3.63, 3.8) is 0 Å². The molecule has 0 spiro atoms. The molecule has 29 heavy (non-hydrogen) atoms. The second-order valence-corrected chi connectivity index (χ2v) is 6.82. The van der Waals surface area contributed by atoms with Crippen LogP contribution >= 0.6 is 0 Å². The highest BCUT2D eigenvalue weighted by atomic mass is 16.5. The highest BCUT2D eigenvalue weighted by Gasteiger charge is 2.28. The Morgan fingerprint density at radius 3 is 2.28 bits per heavy atom. The second kappa shape index (κ2) is 8.10. The number of rotatable bonds is 5. The number of carbonyl (C=O) groups is 1. The molecule has 0 aromatic heterocycles. The molecule has 1 aliphatic rings. The first-order chi connectivity index (χ1) is 14.1. The van der Waals surface area contributed by atoms with Gasteiger partial charge >= 0.3 is 6.09 Å². The molecule has 0 bridgehead atoms. The molecule has 0 atom stereocenters. The Morgan fingerprint density at radius 2 is 1.59 bits per heavy atom. The fourth-order valence-electron chi connectivity index (χ4n) is 3.66. The van der Waals surface area contributed by atoms with Gasteiger partial charge in [-0.3, -0.25) is 0 Å². The normalized spacial score (nSPS) is 12.6. The summed E-state index contributed by atoms with van der Waals surface area (Å²) in [6.07, 6.45) is 2.80. The zero-order valence-electron chi connectivity index (χ0n) is 15.7. The van der Waals surface area contributed by atoms with Crippen LogP contribution in [-0.4, -0.2) is 29.5 Å². The van der Waals surface area contributed by atoms with E-state index in [1.165, 1.54) is 28.3 Å². The SMILES string of the molecule is O=C(NCC=Cc1cccc(O)c1O)OCC1c2ccccc2-c2ccccc21. The molecule has 1 aliphatic carbocycles. The molecule has 1 amide bonds. The number of hydrogen-bond acceptors (Lipinski definition) is 4. The summed E-state index contributed by atoms with van der Waals surface area (Å²) in [6.45, 7) is 0.503. The maximum Gasteiger partial charge on any atom is 0.407 e. The molecule has 4 rings (SSSR count).